The van der Waals surface area contributed by atoms with Crippen LogP contribution in [0, 0.1) is 0 Å². The summed E-state index contributed by atoms with van der Waals surface area (Å²) in [7, 11) is 0. The number of rotatable bonds is 4. The van der Waals surface area contributed by atoms with Crippen LogP contribution in [-0.4, -0.2) is 25.3 Å². The number of hydrogen-bond acceptors (Lipinski definition) is 3. The first-order valence-corrected chi connectivity index (χ1v) is 7.33. The van der Waals surface area contributed by atoms with E-state index in [0.717, 1.165) is 25.9 Å². The molecule has 3 nitrogen and oxygen atoms in total. The summed E-state index contributed by atoms with van der Waals surface area (Å²) in [4.78, 5) is 11.6. The van der Waals surface area contributed by atoms with E-state index in [0.29, 0.717) is 22.2 Å². The zero-order chi connectivity index (χ0) is 14.4. The van der Waals surface area contributed by atoms with Crippen LogP contribution in [0.15, 0.2) is 24.3 Å². The monoisotopic (exact) mass is 314 g/mol. The van der Waals surface area contributed by atoms with Crippen molar-refractivity contribution in [3.05, 3.63) is 39.9 Å². The average Bonchev–Trinajstić information content (AvgIpc) is 2.48. The highest BCUT2D eigenvalue weighted by Crippen LogP contribution is 2.26. The first-order valence-electron chi connectivity index (χ1n) is 6.57. The highest BCUT2D eigenvalue weighted by molar-refractivity contribution is 6.42. The van der Waals surface area contributed by atoms with E-state index in [1.54, 1.807) is 24.3 Å². The maximum Gasteiger partial charge on any atom is 0.330 e. The molecule has 0 aromatic heterocycles. The van der Waals surface area contributed by atoms with Gasteiger partial charge in [-0.3, -0.25) is 0 Å². The normalized spacial score (nSPS) is 19.2. The molecule has 0 aliphatic carbocycles. The Labute approximate surface area is 128 Å². The van der Waals surface area contributed by atoms with Crippen molar-refractivity contribution in [2.24, 2.45) is 0 Å². The predicted octanol–water partition coefficient (Wildman–Crippen LogP) is 4.12. The van der Waals surface area contributed by atoms with E-state index < -0.39 is 5.97 Å². The Morgan fingerprint density at radius 3 is 3.00 bits per heavy atom. The van der Waals surface area contributed by atoms with Crippen molar-refractivity contribution in [1.29, 1.82) is 0 Å². The van der Waals surface area contributed by atoms with Gasteiger partial charge in [0.15, 0.2) is 0 Å². The third-order valence-electron chi connectivity index (χ3n) is 3.07. The number of ether oxygens (including phenoxy) is 2. The van der Waals surface area contributed by atoms with Gasteiger partial charge in [0.25, 0.3) is 0 Å². The van der Waals surface area contributed by atoms with Crippen molar-refractivity contribution in [3.8, 4) is 0 Å². The molecule has 0 radical (unpaired) electrons. The van der Waals surface area contributed by atoms with Gasteiger partial charge >= 0.3 is 5.97 Å². The van der Waals surface area contributed by atoms with E-state index >= 15 is 0 Å². The summed E-state index contributed by atoms with van der Waals surface area (Å²) < 4.78 is 10.6. The summed E-state index contributed by atoms with van der Waals surface area (Å²) in [5, 5.41) is 0.881. The number of halogens is 2. The Morgan fingerprint density at radius 1 is 1.40 bits per heavy atom. The zero-order valence-electron chi connectivity index (χ0n) is 11.0. The number of carbonyl (C=O) groups excluding carboxylic acids is 1. The van der Waals surface area contributed by atoms with Gasteiger partial charge in [-0.05, 0) is 37.0 Å². The van der Waals surface area contributed by atoms with Crippen molar-refractivity contribution in [1.82, 2.24) is 0 Å². The molecular weight excluding hydrogens is 299 g/mol. The molecule has 20 heavy (non-hydrogen) atoms. The molecule has 1 fully saturated rings. The lowest BCUT2D eigenvalue weighted by Gasteiger charge is -2.21. The molecule has 1 unspecified atom stereocenters. The second-order valence-electron chi connectivity index (χ2n) is 4.59. The van der Waals surface area contributed by atoms with E-state index in [1.165, 1.54) is 6.08 Å². The molecule has 1 saturated heterocycles. The Morgan fingerprint density at radius 2 is 2.25 bits per heavy atom. The molecule has 1 aromatic rings. The minimum Gasteiger partial charge on any atom is -0.460 e. The van der Waals surface area contributed by atoms with Crippen molar-refractivity contribution in [3.63, 3.8) is 0 Å². The Bertz CT molecular complexity index is 494. The third kappa shape index (κ3) is 4.51. The maximum atomic E-state index is 11.6. The topological polar surface area (TPSA) is 35.5 Å². The summed E-state index contributed by atoms with van der Waals surface area (Å²) in [6.45, 7) is 1.04. The van der Waals surface area contributed by atoms with Crippen LogP contribution in [0.4, 0.5) is 0 Å². The summed E-state index contributed by atoms with van der Waals surface area (Å²) in [5.74, 6) is -0.407. The highest BCUT2D eigenvalue weighted by Gasteiger charge is 2.15. The molecule has 108 valence electrons. The van der Waals surface area contributed by atoms with Crippen LogP contribution in [-0.2, 0) is 14.3 Å². The van der Waals surface area contributed by atoms with Crippen molar-refractivity contribution < 1.29 is 14.3 Å². The lowest BCUT2D eigenvalue weighted by atomic mass is 10.1. The van der Waals surface area contributed by atoms with E-state index in [4.69, 9.17) is 32.7 Å². The van der Waals surface area contributed by atoms with Crippen LogP contribution < -0.4 is 0 Å². The fraction of sp³-hybridized carbons (Fsp3) is 0.400. The van der Waals surface area contributed by atoms with Gasteiger partial charge in [0.1, 0.15) is 6.61 Å². The Kier molecular flexibility index (Phi) is 5.89. The molecule has 1 heterocycles. The zero-order valence-corrected chi connectivity index (χ0v) is 12.5. The van der Waals surface area contributed by atoms with Gasteiger partial charge in [0.05, 0.1) is 16.1 Å². The molecule has 0 amide bonds. The van der Waals surface area contributed by atoms with Crippen LogP contribution in [0.2, 0.25) is 10.0 Å². The number of hydrogen-bond donors (Lipinski definition) is 0. The SMILES string of the molecule is O=C(/C=C/c1cccc(Cl)c1Cl)OCC1CCCCO1. The maximum absolute atomic E-state index is 11.6. The van der Waals surface area contributed by atoms with Gasteiger partial charge in [0.2, 0.25) is 0 Å². The van der Waals surface area contributed by atoms with Gasteiger partial charge in [-0.15, -0.1) is 0 Å². The fourth-order valence-corrected chi connectivity index (χ4v) is 2.34. The minimum absolute atomic E-state index is 0.0239. The van der Waals surface area contributed by atoms with Crippen molar-refractivity contribution in [2.45, 2.75) is 25.4 Å². The fourth-order valence-electron chi connectivity index (χ4n) is 1.97. The summed E-state index contributed by atoms with van der Waals surface area (Å²) in [5.41, 5.74) is 0.685. The average molecular weight is 315 g/mol. The van der Waals surface area contributed by atoms with Gasteiger partial charge in [-0.25, -0.2) is 4.79 Å². The number of carbonyl (C=O) groups is 1. The molecule has 1 atom stereocenters. The highest BCUT2D eigenvalue weighted by atomic mass is 35.5. The van der Waals surface area contributed by atoms with E-state index in [1.807, 2.05) is 0 Å². The van der Waals surface area contributed by atoms with Crippen LogP contribution in [0.5, 0.6) is 0 Å². The first-order chi connectivity index (χ1) is 9.66. The van der Waals surface area contributed by atoms with Gasteiger partial charge in [-0.1, -0.05) is 35.3 Å². The molecule has 1 aromatic carbocycles. The van der Waals surface area contributed by atoms with Crippen molar-refractivity contribution >= 4 is 35.2 Å². The van der Waals surface area contributed by atoms with Crippen molar-refractivity contribution in [2.75, 3.05) is 13.2 Å². The smallest absolute Gasteiger partial charge is 0.330 e. The first kappa shape index (κ1) is 15.4. The Hall–Kier alpha value is -1.03. The molecule has 1 aliphatic rings. The quantitative estimate of drug-likeness (QED) is 0.619. The lowest BCUT2D eigenvalue weighted by Crippen LogP contribution is -2.25. The number of benzene rings is 1. The van der Waals surface area contributed by atoms with Gasteiger partial charge in [-0.2, -0.15) is 0 Å². The van der Waals surface area contributed by atoms with E-state index in [2.05, 4.69) is 0 Å². The van der Waals surface area contributed by atoms with Crippen LogP contribution in [0.3, 0.4) is 0 Å². The van der Waals surface area contributed by atoms with Crippen LogP contribution in [0.25, 0.3) is 6.08 Å². The van der Waals surface area contributed by atoms with Gasteiger partial charge < -0.3 is 9.47 Å². The molecule has 2 rings (SSSR count). The molecule has 0 bridgehead atoms. The molecule has 0 N–H and O–H groups in total. The van der Waals surface area contributed by atoms with Crippen LogP contribution in [0.1, 0.15) is 24.8 Å². The van der Waals surface area contributed by atoms with E-state index in [9.17, 15) is 4.79 Å². The third-order valence-corrected chi connectivity index (χ3v) is 3.90. The molecule has 0 saturated carbocycles. The molecule has 1 aliphatic heterocycles. The second-order valence-corrected chi connectivity index (χ2v) is 5.38. The molecular formula is C15H16Cl2O3. The minimum atomic E-state index is -0.407. The predicted molar refractivity (Wildman–Crippen MR) is 80.0 cm³/mol. The van der Waals surface area contributed by atoms with E-state index in [-0.39, 0.29) is 6.10 Å². The van der Waals surface area contributed by atoms with Gasteiger partial charge in [0, 0.05) is 12.7 Å². The second kappa shape index (κ2) is 7.67. The molecule has 5 heteroatoms. The van der Waals surface area contributed by atoms with Crippen LogP contribution >= 0.6 is 23.2 Å². The summed E-state index contributed by atoms with van der Waals surface area (Å²) in [6, 6.07) is 5.25. The lowest BCUT2D eigenvalue weighted by molar-refractivity contribution is -0.143. The standard InChI is InChI=1S/C15H16Cl2O3/c16-13-6-3-4-11(15(13)17)7-8-14(18)20-10-12-5-1-2-9-19-12/h3-4,6-8,12H,1-2,5,9-10H2/b8-7+. The molecule has 0 spiro atoms. The largest absolute Gasteiger partial charge is 0.460 e. The number of esters is 1. The Balaban J connectivity index is 1.84. The summed E-state index contributed by atoms with van der Waals surface area (Å²) >= 11 is 11.9. The summed E-state index contributed by atoms with van der Waals surface area (Å²) in [6.07, 6.45) is 6.11.